The standard InChI is InChI=1S/C19H28O2/c1-18-8-3-4-13(18)12-6-5-11-10-15(20)16-17(21-16)19(11,2)14(12)7-9-18/h11-14,16-17H,3-10H2,1-2H3/t11-,12-,13+,14+,16-,17-,18+,19-/m0/s1. The molecule has 2 nitrogen and oxygen atoms in total. The molecule has 0 aromatic carbocycles. The minimum atomic E-state index is -0.0121. The van der Waals surface area contributed by atoms with Crippen molar-refractivity contribution < 1.29 is 9.53 Å². The molecule has 0 radical (unpaired) electrons. The molecule has 1 saturated heterocycles. The smallest absolute Gasteiger partial charge is 0.164 e. The van der Waals surface area contributed by atoms with Gasteiger partial charge in [0.2, 0.25) is 0 Å². The third-order valence-electron chi connectivity index (χ3n) is 8.61. The number of carbonyl (C=O) groups excluding carboxylic acids is 1. The Hall–Kier alpha value is -0.370. The van der Waals surface area contributed by atoms with E-state index >= 15 is 0 Å². The van der Waals surface area contributed by atoms with E-state index in [9.17, 15) is 4.79 Å². The molecule has 21 heavy (non-hydrogen) atoms. The van der Waals surface area contributed by atoms with Gasteiger partial charge in [-0.3, -0.25) is 4.79 Å². The molecule has 1 heterocycles. The molecule has 0 bridgehead atoms. The summed E-state index contributed by atoms with van der Waals surface area (Å²) in [5.41, 5.74) is 0.948. The average molecular weight is 288 g/mol. The molecule has 4 saturated carbocycles. The van der Waals surface area contributed by atoms with Crippen molar-refractivity contribution in [3.63, 3.8) is 0 Å². The molecule has 5 rings (SSSR count). The van der Waals surface area contributed by atoms with Crippen LogP contribution in [0.5, 0.6) is 0 Å². The zero-order valence-electron chi connectivity index (χ0n) is 13.4. The zero-order chi connectivity index (χ0) is 14.4. The van der Waals surface area contributed by atoms with Gasteiger partial charge in [-0.25, -0.2) is 0 Å². The summed E-state index contributed by atoms with van der Waals surface area (Å²) in [6.45, 7) is 5.05. The molecule has 1 aliphatic heterocycles. The molecule has 0 aromatic heterocycles. The van der Waals surface area contributed by atoms with Gasteiger partial charge in [-0.2, -0.15) is 0 Å². The zero-order valence-corrected chi connectivity index (χ0v) is 13.4. The number of carbonyl (C=O) groups is 1. The summed E-state index contributed by atoms with van der Waals surface area (Å²) in [6, 6.07) is 0. The van der Waals surface area contributed by atoms with Crippen molar-refractivity contribution in [2.45, 2.75) is 77.4 Å². The number of hydrogen-bond acceptors (Lipinski definition) is 2. The van der Waals surface area contributed by atoms with E-state index in [0.29, 0.717) is 22.5 Å². The van der Waals surface area contributed by atoms with E-state index in [-0.39, 0.29) is 12.2 Å². The van der Waals surface area contributed by atoms with E-state index in [1.807, 2.05) is 0 Å². The Bertz CT molecular complexity index is 500. The Labute approximate surface area is 128 Å². The molecule has 0 N–H and O–H groups in total. The molecule has 0 amide bonds. The van der Waals surface area contributed by atoms with Crippen molar-refractivity contribution in [1.29, 1.82) is 0 Å². The summed E-state index contributed by atoms with van der Waals surface area (Å²) in [6.07, 6.45) is 10.9. The second-order valence-electron chi connectivity index (χ2n) is 9.25. The molecule has 116 valence electrons. The van der Waals surface area contributed by atoms with Crippen LogP contribution >= 0.6 is 0 Å². The Morgan fingerprint density at radius 3 is 2.76 bits per heavy atom. The van der Waals surface area contributed by atoms with Gasteiger partial charge < -0.3 is 4.74 Å². The first-order chi connectivity index (χ1) is 10.0. The van der Waals surface area contributed by atoms with Crippen molar-refractivity contribution >= 4 is 5.78 Å². The van der Waals surface area contributed by atoms with Crippen molar-refractivity contribution in [3.05, 3.63) is 0 Å². The highest BCUT2D eigenvalue weighted by Gasteiger charge is 2.68. The fourth-order valence-corrected chi connectivity index (χ4v) is 7.42. The topological polar surface area (TPSA) is 29.6 Å². The van der Waals surface area contributed by atoms with Gasteiger partial charge in [0.15, 0.2) is 5.78 Å². The van der Waals surface area contributed by atoms with Gasteiger partial charge in [-0.15, -0.1) is 0 Å². The fraction of sp³-hybridized carbons (Fsp3) is 0.947. The van der Waals surface area contributed by atoms with E-state index in [4.69, 9.17) is 4.74 Å². The first kappa shape index (κ1) is 13.1. The lowest BCUT2D eigenvalue weighted by atomic mass is 9.45. The van der Waals surface area contributed by atoms with Crippen molar-refractivity contribution in [2.75, 3.05) is 0 Å². The Balaban J connectivity index is 1.51. The minimum Gasteiger partial charge on any atom is -0.361 e. The molecule has 8 atom stereocenters. The maximum Gasteiger partial charge on any atom is 0.164 e. The molecule has 0 aromatic rings. The van der Waals surface area contributed by atoms with E-state index < -0.39 is 0 Å². The molecule has 2 heteroatoms. The van der Waals surface area contributed by atoms with Crippen molar-refractivity contribution in [2.24, 2.45) is 34.5 Å². The van der Waals surface area contributed by atoms with Crippen LogP contribution in [-0.4, -0.2) is 18.0 Å². The summed E-state index contributed by atoms with van der Waals surface area (Å²) in [5, 5.41) is 0. The van der Waals surface area contributed by atoms with Crippen LogP contribution in [0.3, 0.4) is 0 Å². The van der Waals surface area contributed by atoms with Gasteiger partial charge in [0.25, 0.3) is 0 Å². The first-order valence-corrected chi connectivity index (χ1v) is 9.22. The molecule has 0 spiro atoms. The number of fused-ring (bicyclic) bond motifs is 7. The number of ether oxygens (including phenoxy) is 1. The average Bonchev–Trinajstić information content (AvgIpc) is 3.17. The maximum atomic E-state index is 12.1. The minimum absolute atomic E-state index is 0.0121. The number of rotatable bonds is 0. The van der Waals surface area contributed by atoms with Crippen LogP contribution in [0.15, 0.2) is 0 Å². The van der Waals surface area contributed by atoms with Crippen LogP contribution in [0, 0.1) is 34.5 Å². The third-order valence-corrected chi connectivity index (χ3v) is 8.61. The lowest BCUT2D eigenvalue weighted by Crippen LogP contribution is -2.55. The number of Topliss-reactive ketones (excluding diaryl/α,β-unsaturated/α-hetero) is 1. The van der Waals surface area contributed by atoms with Gasteiger partial charge in [0.05, 0.1) is 6.10 Å². The largest absolute Gasteiger partial charge is 0.361 e. The Kier molecular flexibility index (Phi) is 2.45. The third kappa shape index (κ3) is 1.51. The second kappa shape index (κ2) is 3.93. The highest BCUT2D eigenvalue weighted by Crippen LogP contribution is 2.68. The number of epoxide rings is 1. The summed E-state index contributed by atoms with van der Waals surface area (Å²) < 4.78 is 5.90. The lowest BCUT2D eigenvalue weighted by Gasteiger charge is -2.58. The fourth-order valence-electron chi connectivity index (χ4n) is 7.42. The monoisotopic (exact) mass is 288 g/mol. The molecular formula is C19H28O2. The van der Waals surface area contributed by atoms with Crippen LogP contribution < -0.4 is 0 Å². The summed E-state index contributed by atoms with van der Waals surface area (Å²) in [4.78, 5) is 12.1. The maximum absolute atomic E-state index is 12.1. The molecular weight excluding hydrogens is 260 g/mol. The van der Waals surface area contributed by atoms with E-state index in [2.05, 4.69) is 13.8 Å². The van der Waals surface area contributed by atoms with E-state index in [0.717, 1.165) is 24.2 Å². The molecule has 5 aliphatic rings. The quantitative estimate of drug-likeness (QED) is 0.631. The van der Waals surface area contributed by atoms with Crippen LogP contribution in [0.25, 0.3) is 0 Å². The van der Waals surface area contributed by atoms with E-state index in [1.165, 1.54) is 44.9 Å². The predicted molar refractivity (Wildman–Crippen MR) is 80.8 cm³/mol. The number of hydrogen-bond donors (Lipinski definition) is 0. The van der Waals surface area contributed by atoms with Gasteiger partial charge >= 0.3 is 0 Å². The van der Waals surface area contributed by atoms with Gasteiger partial charge in [0.1, 0.15) is 6.10 Å². The summed E-state index contributed by atoms with van der Waals surface area (Å²) in [7, 11) is 0. The van der Waals surface area contributed by atoms with Crippen molar-refractivity contribution in [1.82, 2.24) is 0 Å². The van der Waals surface area contributed by atoms with Crippen molar-refractivity contribution in [3.8, 4) is 0 Å². The molecule has 0 unspecified atom stereocenters. The molecule has 5 fully saturated rings. The SMILES string of the molecule is C[C@]12CCC[C@@H]1[C@@H]1CC[C@H]3CC(=O)[C@@H]4O[C@@H]4[C@]3(C)[C@@H]1CC2. The summed E-state index contributed by atoms with van der Waals surface area (Å²) in [5.74, 6) is 3.73. The number of ketones is 1. The van der Waals surface area contributed by atoms with Gasteiger partial charge in [0, 0.05) is 11.8 Å². The lowest BCUT2D eigenvalue weighted by molar-refractivity contribution is -0.132. The highest BCUT2D eigenvalue weighted by molar-refractivity contribution is 5.87. The normalized spacial score (nSPS) is 61.5. The van der Waals surface area contributed by atoms with Crippen LogP contribution in [0.4, 0.5) is 0 Å². The molecule has 4 aliphatic carbocycles. The van der Waals surface area contributed by atoms with Gasteiger partial charge in [-0.1, -0.05) is 20.3 Å². The van der Waals surface area contributed by atoms with Crippen LogP contribution in [0.2, 0.25) is 0 Å². The Morgan fingerprint density at radius 1 is 1.05 bits per heavy atom. The predicted octanol–water partition coefficient (Wildman–Crippen LogP) is 3.98. The summed E-state index contributed by atoms with van der Waals surface area (Å²) >= 11 is 0. The Morgan fingerprint density at radius 2 is 1.90 bits per heavy atom. The van der Waals surface area contributed by atoms with E-state index in [1.54, 1.807) is 0 Å². The van der Waals surface area contributed by atoms with Gasteiger partial charge in [-0.05, 0) is 67.6 Å². The second-order valence-corrected chi connectivity index (χ2v) is 9.25. The van der Waals surface area contributed by atoms with Crippen LogP contribution in [-0.2, 0) is 9.53 Å². The first-order valence-electron chi connectivity index (χ1n) is 9.22. The van der Waals surface area contributed by atoms with Crippen LogP contribution in [0.1, 0.15) is 65.2 Å². The highest BCUT2D eigenvalue weighted by atomic mass is 16.6.